The zero-order valence-corrected chi connectivity index (χ0v) is 56.8. The molecular weight excluding hydrogens is 1300 g/mol. The number of rotatable bonds is 26. The number of aliphatic carboxylic acids is 1. The van der Waals surface area contributed by atoms with E-state index in [-0.39, 0.29) is 172 Å². The molecule has 538 valence electrons. The standard InChI is InChI=1S/C15H10F5NO5.C13H19NO5.C9H11NO5.C9H18O4.C7H12O2.C4H8O.C2H6O2.CH3F.CH4.Na.H/c16-10-11(17)13(19)15(14(20)12(10)18)26-9(24)3-5-25-6-4-21-7(22)1-2-8(21)23;1-13(2,3)19-12(17)6-8-18-9-7-14-10(15)4-5-11(14)16;11-7-1-2-8(12)10(7)4-6-15-5-3-9(13)14;1-9(2,3)13-8(11)4-6-12-7-5-10;1-5-6(8)9-7(2,3)4;1-2-4-5-3-1;1-2-4-3;1-2;;;/h1-2H,3-6H2;4-5H,6-9H2,1-3H3;1-2H,3-6H2,(H,13,14);10H,4-7H2,1-3H3;5H,1H2,2-4H3;1-4H2;3H,2H2,1H3;1H3;1H4;;/q;;;;;;;;;+1;-1/i;;;;;;;1D;;;. The Morgan fingerprint density at radius 2 is 0.842 bits per heavy atom. The summed E-state index contributed by atoms with van der Waals surface area (Å²) in [5.74, 6) is -18.7. The number of aliphatic hydroxyl groups excluding tert-OH is 1. The maximum absolute atomic E-state index is 13.3. The van der Waals surface area contributed by atoms with Crippen LogP contribution >= 0.6 is 0 Å². The van der Waals surface area contributed by atoms with E-state index in [4.69, 9.17) is 54.7 Å². The molecule has 0 bridgehead atoms. The first-order valence-electron chi connectivity index (χ1n) is 29.0. The van der Waals surface area contributed by atoms with Crippen molar-refractivity contribution in [2.75, 3.05) is 106 Å². The van der Waals surface area contributed by atoms with Crippen molar-refractivity contribution in [2.45, 2.75) is 132 Å². The topological polar surface area (TPSA) is 350 Å². The van der Waals surface area contributed by atoms with Gasteiger partial charge in [-0.15, -0.1) is 0 Å². The molecule has 4 aliphatic rings. The van der Waals surface area contributed by atoms with Gasteiger partial charge >= 0.3 is 59.4 Å². The first-order chi connectivity index (χ1) is 43.9. The second-order valence-corrected chi connectivity index (χ2v) is 21.1. The predicted molar refractivity (Wildman–Crippen MR) is 323 cm³/mol. The third kappa shape index (κ3) is 49.4. The van der Waals surface area contributed by atoms with Crippen LogP contribution < -0.4 is 34.3 Å². The number of carbonyl (C=O) groups is 11. The number of ether oxygens (including phenoxy) is 9. The van der Waals surface area contributed by atoms with E-state index in [1.807, 2.05) is 41.5 Å². The van der Waals surface area contributed by atoms with Crippen LogP contribution in [0.3, 0.4) is 0 Å². The van der Waals surface area contributed by atoms with Gasteiger partial charge in [-0.25, -0.2) is 22.9 Å². The van der Waals surface area contributed by atoms with Crippen molar-refractivity contribution in [3.05, 3.63) is 78.2 Å². The Balaban J connectivity index is -0.000000261. The van der Waals surface area contributed by atoms with Crippen LogP contribution in [0.4, 0.5) is 26.3 Å². The van der Waals surface area contributed by atoms with Crippen LogP contribution in [0.25, 0.3) is 0 Å². The second-order valence-electron chi connectivity index (χ2n) is 21.1. The molecule has 3 N–H and O–H groups in total. The molecule has 0 spiro atoms. The van der Waals surface area contributed by atoms with Gasteiger partial charge in [0, 0.05) is 55.7 Å². The van der Waals surface area contributed by atoms with Crippen LogP contribution in [0.2, 0.25) is 0 Å². The van der Waals surface area contributed by atoms with Crippen molar-refractivity contribution in [3.63, 3.8) is 0 Å². The summed E-state index contributed by atoms with van der Waals surface area (Å²) < 4.78 is 125. The number of hydrogen-bond donors (Lipinski definition) is 3. The molecule has 1 fully saturated rings. The fraction of sp³-hybridized carbons (Fsp3) is 0.590. The Labute approximate surface area is 574 Å². The molecule has 95 heavy (non-hydrogen) atoms. The van der Waals surface area contributed by atoms with Crippen LogP contribution in [0, 0.1) is 29.1 Å². The van der Waals surface area contributed by atoms with Gasteiger partial charge in [-0.3, -0.25) is 72.3 Å². The van der Waals surface area contributed by atoms with E-state index in [1.165, 1.54) is 37.1 Å². The summed E-state index contributed by atoms with van der Waals surface area (Å²) >= 11 is 0. The maximum Gasteiger partial charge on any atom is 1.00 e. The summed E-state index contributed by atoms with van der Waals surface area (Å²) in [6.45, 7) is 24.6. The van der Waals surface area contributed by atoms with Gasteiger partial charge in [0.25, 0.3) is 35.4 Å². The summed E-state index contributed by atoms with van der Waals surface area (Å²) in [4.78, 5) is 128. The van der Waals surface area contributed by atoms with Gasteiger partial charge in [0.1, 0.15) is 16.8 Å². The van der Waals surface area contributed by atoms with Gasteiger partial charge in [0.05, 0.1) is 120 Å². The molecule has 0 unspecified atom stereocenters. The van der Waals surface area contributed by atoms with Gasteiger partial charge in [0.15, 0.2) is 0 Å². The monoisotopic (exact) mass is 1390 g/mol. The largest absolute Gasteiger partial charge is 1.00 e. The van der Waals surface area contributed by atoms with Crippen LogP contribution in [-0.2, 0) is 95.5 Å². The Hall–Kier alpha value is -6.79. The van der Waals surface area contributed by atoms with Crippen LogP contribution in [0.1, 0.15) is 118 Å². The fourth-order valence-electron chi connectivity index (χ4n) is 6.00. The molecule has 0 saturated carbocycles. The SMILES string of the molecule is C.C1CCOC1.C=CC(=O)OC(C)(C)C.CC(C)(C)OC(=O)CCOCCN1C(=O)C=CC1=O.CC(C)(C)OC(=O)CCOCCO.CCOO.O=C(CCOCCN1C(=O)C=CC1=O)Oc1c(F)c(F)c(F)c(F)c1F.O=C(O)CCOCCN1C(=O)C=CC1=O.[2H]CF.[H-].[Na+]. The van der Waals surface area contributed by atoms with Crippen molar-refractivity contribution < 1.29 is 174 Å². The Kier molecular flexibility index (Phi) is 54.1. The number of esters is 4. The number of nitrogens with zero attached hydrogens (tertiary/aromatic N) is 3. The summed E-state index contributed by atoms with van der Waals surface area (Å²) in [7, 11) is -1.00. The number of halogens is 6. The summed E-state index contributed by atoms with van der Waals surface area (Å²) in [6.07, 6.45) is 10.4. The number of carbonyl (C=O) groups excluding carboxylic acids is 10. The van der Waals surface area contributed by atoms with Crippen molar-refractivity contribution in [1.82, 2.24) is 14.7 Å². The molecule has 6 amide bonds. The number of carboxylic acid groups (broad SMARTS) is 1. The summed E-state index contributed by atoms with van der Waals surface area (Å²) in [5.41, 5.74) is -1.34. The van der Waals surface area contributed by atoms with Gasteiger partial charge in [-0.2, -0.15) is 8.78 Å². The molecule has 0 radical (unpaired) electrons. The van der Waals surface area contributed by atoms with Gasteiger partial charge < -0.3 is 54.3 Å². The molecule has 4 heterocycles. The molecule has 1 aromatic carbocycles. The first kappa shape index (κ1) is 94.6. The Bertz CT molecular complexity index is 2580. The third-order valence-corrected chi connectivity index (χ3v) is 9.88. The minimum absolute atomic E-state index is 0. The molecule has 34 heteroatoms. The van der Waals surface area contributed by atoms with Crippen molar-refractivity contribution >= 4 is 65.3 Å². The Morgan fingerprint density at radius 3 is 1.08 bits per heavy atom. The molecular formula is C61H92F6N3NaO24. The molecule has 27 nitrogen and oxygen atoms in total. The van der Waals surface area contributed by atoms with Crippen LogP contribution in [0.15, 0.2) is 49.1 Å². The van der Waals surface area contributed by atoms with Crippen molar-refractivity contribution in [2.24, 2.45) is 0 Å². The molecule has 1 saturated heterocycles. The van der Waals surface area contributed by atoms with Gasteiger partial charge in [-0.05, 0) is 82.1 Å². The van der Waals surface area contributed by atoms with E-state index in [2.05, 4.69) is 16.2 Å². The number of alkyl halides is 1. The van der Waals surface area contributed by atoms with E-state index >= 15 is 0 Å². The smallest absolute Gasteiger partial charge is 1.00 e. The zero-order chi connectivity index (χ0) is 72.6. The van der Waals surface area contributed by atoms with E-state index in [0.717, 1.165) is 46.1 Å². The molecule has 4 aliphatic heterocycles. The zero-order valence-electron chi connectivity index (χ0n) is 56.8. The van der Waals surface area contributed by atoms with Crippen LogP contribution in [0.5, 0.6) is 5.75 Å². The number of imide groups is 3. The number of aliphatic hydroxyl groups is 1. The van der Waals surface area contributed by atoms with Crippen LogP contribution in [-0.4, -0.2) is 218 Å². The van der Waals surface area contributed by atoms with Crippen molar-refractivity contribution in [3.8, 4) is 5.75 Å². The second kappa shape index (κ2) is 54.3. The molecule has 0 atom stereocenters. The number of benzene rings is 1. The van der Waals surface area contributed by atoms with Crippen molar-refractivity contribution in [1.29, 1.82) is 0 Å². The number of amides is 6. The normalized spacial score (nSPS) is 13.5. The van der Waals surface area contributed by atoms with E-state index in [0.29, 0.717) is 13.2 Å². The summed E-state index contributed by atoms with van der Waals surface area (Å²) in [6, 6.07) is 0. The van der Waals surface area contributed by atoms with E-state index in [9.17, 15) is 79.1 Å². The fourth-order valence-corrected chi connectivity index (χ4v) is 6.00. The number of hydrogen-bond acceptors (Lipinski definition) is 23. The van der Waals surface area contributed by atoms with Gasteiger partial charge in [-0.1, -0.05) is 14.0 Å². The molecule has 0 aromatic heterocycles. The average Bonchev–Trinajstić information content (AvgIpc) is 1.68. The minimum atomic E-state index is -2.37. The first-order valence-corrected chi connectivity index (χ1v) is 28.3. The number of carboxylic acids is 1. The van der Waals surface area contributed by atoms with Gasteiger partial charge in [0.2, 0.25) is 34.8 Å². The van der Waals surface area contributed by atoms with E-state index < -0.39 is 89.0 Å². The average molecular weight is 1390 g/mol. The van der Waals surface area contributed by atoms with E-state index in [1.54, 1.807) is 27.7 Å². The maximum atomic E-state index is 13.3. The molecule has 0 aliphatic carbocycles. The Morgan fingerprint density at radius 1 is 0.558 bits per heavy atom. The quantitative estimate of drug-likeness (QED) is 0.00970. The summed E-state index contributed by atoms with van der Waals surface area (Å²) in [5, 5.41) is 24.1. The molecule has 1 aromatic rings. The predicted octanol–water partition coefficient (Wildman–Crippen LogP) is 3.55. The molecule has 5 rings (SSSR count). The third-order valence-electron chi connectivity index (χ3n) is 9.88. The minimum Gasteiger partial charge on any atom is -1.00 e.